The third kappa shape index (κ3) is 4.38. The maximum atomic E-state index is 3.55. The zero-order valence-electron chi connectivity index (χ0n) is 4.14. The fourth-order valence-electron chi connectivity index (χ4n) is 0.225. The molecule has 0 bridgehead atoms. The molecule has 0 radical (unpaired) electrons. The number of rotatable bonds is 0. The van der Waals surface area contributed by atoms with Crippen molar-refractivity contribution in [1.82, 2.24) is 9.97 Å². The van der Waals surface area contributed by atoms with Crippen LogP contribution in [0.5, 0.6) is 0 Å². The van der Waals surface area contributed by atoms with Gasteiger partial charge in [0.1, 0.15) is 0 Å². The van der Waals surface area contributed by atoms with Crippen molar-refractivity contribution in [2.75, 3.05) is 0 Å². The molecule has 0 unspecified atom stereocenters. The first-order valence-corrected chi connectivity index (χ1v) is 1.63. The monoisotopic (exact) mass is 206 g/mol. The molecule has 0 aliphatic rings. The summed E-state index contributed by atoms with van der Waals surface area (Å²) < 4.78 is 0. The molecule has 0 atom stereocenters. The Morgan fingerprint density at radius 3 is 1.75 bits per heavy atom. The van der Waals surface area contributed by atoms with Crippen LogP contribution in [0, 0.1) is 6.33 Å². The molecule has 0 aromatic carbocycles. The number of hydrogen-bond acceptors (Lipinski definition) is 2. The van der Waals surface area contributed by atoms with E-state index in [0.29, 0.717) is 0 Å². The van der Waals surface area contributed by atoms with Crippen molar-refractivity contribution in [3.63, 3.8) is 0 Å². The first-order chi connectivity index (χ1) is 3.00. The van der Waals surface area contributed by atoms with Crippen LogP contribution in [0.3, 0.4) is 0 Å². The maximum absolute atomic E-state index is 3.55. The first kappa shape index (κ1) is 11.1. The summed E-state index contributed by atoms with van der Waals surface area (Å²) in [6, 6.07) is 1.75. The zero-order chi connectivity index (χ0) is 4.24. The molecule has 0 aliphatic carbocycles. The maximum Gasteiger partial charge on any atom is 1.00 e. The Bertz CT molecular complexity index is 86.0. The second-order valence-corrected chi connectivity index (χ2v) is 0.849. The smallest absolute Gasteiger partial charge is 0.374 e. The Morgan fingerprint density at radius 2 is 1.62 bits per heavy atom. The van der Waals surface area contributed by atoms with Gasteiger partial charge in [-0.3, -0.25) is 0 Å². The SMILES string of the molecule is [Cu+].[Zn].[c-]1ncccn1. The van der Waals surface area contributed by atoms with Crippen LogP contribution in [0.15, 0.2) is 18.5 Å². The van der Waals surface area contributed by atoms with Crippen molar-refractivity contribution in [3.05, 3.63) is 24.8 Å². The summed E-state index contributed by atoms with van der Waals surface area (Å²) in [6.45, 7) is 0. The summed E-state index contributed by atoms with van der Waals surface area (Å²) in [5.41, 5.74) is 0. The summed E-state index contributed by atoms with van der Waals surface area (Å²) in [7, 11) is 0. The van der Waals surface area contributed by atoms with Gasteiger partial charge in [0.2, 0.25) is 0 Å². The van der Waals surface area contributed by atoms with Crippen LogP contribution >= 0.6 is 0 Å². The van der Waals surface area contributed by atoms with Gasteiger partial charge in [-0.1, -0.05) is 12.4 Å². The standard InChI is InChI=1S/C4H3N2.Cu.Zn/c1-2-5-4-6-3-1;;/h1-3H;;/q-1;+1;. The largest absolute Gasteiger partial charge is 1.00 e. The van der Waals surface area contributed by atoms with Gasteiger partial charge in [0.05, 0.1) is 0 Å². The molecular formula is C4H3CuN2Zn. The summed E-state index contributed by atoms with van der Waals surface area (Å²) in [5.74, 6) is 0. The quantitative estimate of drug-likeness (QED) is 0.451. The molecule has 1 rings (SSSR count). The van der Waals surface area contributed by atoms with Gasteiger partial charge in [0, 0.05) is 25.8 Å². The van der Waals surface area contributed by atoms with E-state index in [-0.39, 0.29) is 36.5 Å². The van der Waals surface area contributed by atoms with E-state index in [0.717, 1.165) is 0 Å². The van der Waals surface area contributed by atoms with Gasteiger partial charge in [-0.2, -0.15) is 0 Å². The minimum Gasteiger partial charge on any atom is -0.374 e. The van der Waals surface area contributed by atoms with E-state index in [4.69, 9.17) is 0 Å². The fraction of sp³-hybridized carbons (Fsp3) is 0. The molecule has 0 fully saturated rings. The van der Waals surface area contributed by atoms with Crippen molar-refractivity contribution in [2.24, 2.45) is 0 Å². The van der Waals surface area contributed by atoms with Gasteiger partial charge in [-0.05, 0) is 0 Å². The third-order valence-corrected chi connectivity index (χ3v) is 0.437. The Morgan fingerprint density at radius 1 is 1.12 bits per heavy atom. The van der Waals surface area contributed by atoms with Crippen LogP contribution in [-0.2, 0) is 36.5 Å². The van der Waals surface area contributed by atoms with Crippen molar-refractivity contribution >= 4 is 0 Å². The van der Waals surface area contributed by atoms with Gasteiger partial charge in [0.15, 0.2) is 0 Å². The molecule has 0 saturated heterocycles. The molecule has 4 heteroatoms. The van der Waals surface area contributed by atoms with E-state index in [1.165, 1.54) is 0 Å². The normalized spacial score (nSPS) is 6.00. The molecule has 42 valence electrons. The van der Waals surface area contributed by atoms with Crippen LogP contribution in [-0.4, -0.2) is 9.97 Å². The first-order valence-electron chi connectivity index (χ1n) is 1.63. The Balaban J connectivity index is 0. The minimum atomic E-state index is 0. The predicted octanol–water partition coefficient (Wildman–Crippen LogP) is 0.272. The predicted molar refractivity (Wildman–Crippen MR) is 20.9 cm³/mol. The van der Waals surface area contributed by atoms with Gasteiger partial charge in [0.25, 0.3) is 0 Å². The Hall–Kier alpha value is 0.223. The van der Waals surface area contributed by atoms with E-state index >= 15 is 0 Å². The Labute approximate surface area is 71.3 Å². The second-order valence-electron chi connectivity index (χ2n) is 0.849. The molecule has 0 N–H and O–H groups in total. The van der Waals surface area contributed by atoms with E-state index in [2.05, 4.69) is 16.3 Å². The summed E-state index contributed by atoms with van der Waals surface area (Å²) in [4.78, 5) is 7.10. The van der Waals surface area contributed by atoms with E-state index in [1.807, 2.05) is 0 Å². The second kappa shape index (κ2) is 7.22. The molecule has 0 amide bonds. The molecule has 2 nitrogen and oxygen atoms in total. The zero-order valence-corrected chi connectivity index (χ0v) is 8.04. The van der Waals surface area contributed by atoms with Gasteiger partial charge in [-0.25, -0.2) is 0 Å². The van der Waals surface area contributed by atoms with E-state index in [1.54, 1.807) is 18.5 Å². The molecule has 0 spiro atoms. The number of nitrogens with zero attached hydrogens (tertiary/aromatic N) is 2. The minimum absolute atomic E-state index is 0. The average Bonchev–Trinajstić information content (AvgIpc) is 1.72. The molecule has 1 aromatic rings. The molecular weight excluding hydrogens is 205 g/mol. The number of aromatic nitrogens is 2. The molecule has 1 heterocycles. The number of hydrogen-bond donors (Lipinski definition) is 0. The summed E-state index contributed by atoms with van der Waals surface area (Å²) >= 11 is 0. The molecule has 8 heavy (non-hydrogen) atoms. The summed E-state index contributed by atoms with van der Waals surface area (Å²) in [5, 5.41) is 0. The van der Waals surface area contributed by atoms with Crippen molar-refractivity contribution in [2.45, 2.75) is 0 Å². The summed E-state index contributed by atoms with van der Waals surface area (Å²) in [6.07, 6.45) is 5.66. The van der Waals surface area contributed by atoms with Crippen LogP contribution < -0.4 is 0 Å². The van der Waals surface area contributed by atoms with Crippen molar-refractivity contribution in [1.29, 1.82) is 0 Å². The van der Waals surface area contributed by atoms with Crippen LogP contribution in [0.25, 0.3) is 0 Å². The third-order valence-electron chi connectivity index (χ3n) is 0.437. The van der Waals surface area contributed by atoms with Gasteiger partial charge >= 0.3 is 17.1 Å². The molecule has 1 aromatic heterocycles. The van der Waals surface area contributed by atoms with E-state index in [9.17, 15) is 0 Å². The average molecular weight is 208 g/mol. The topological polar surface area (TPSA) is 25.8 Å². The van der Waals surface area contributed by atoms with Gasteiger partial charge in [-0.15, -0.1) is 6.07 Å². The van der Waals surface area contributed by atoms with Crippen LogP contribution in [0.2, 0.25) is 0 Å². The molecule has 0 aliphatic heterocycles. The Kier molecular flexibility index (Phi) is 10.0. The van der Waals surface area contributed by atoms with E-state index < -0.39 is 0 Å². The van der Waals surface area contributed by atoms with Crippen LogP contribution in [0.1, 0.15) is 0 Å². The van der Waals surface area contributed by atoms with Crippen molar-refractivity contribution < 1.29 is 36.5 Å². The molecule has 0 saturated carbocycles. The fourth-order valence-corrected chi connectivity index (χ4v) is 0.225. The van der Waals surface area contributed by atoms with Gasteiger partial charge < -0.3 is 9.97 Å². The van der Waals surface area contributed by atoms with Crippen LogP contribution in [0.4, 0.5) is 0 Å². The van der Waals surface area contributed by atoms with Crippen molar-refractivity contribution in [3.8, 4) is 0 Å².